The normalized spacial score (nSPS) is 15.2. The summed E-state index contributed by atoms with van der Waals surface area (Å²) in [6.07, 6.45) is 4.61. The first kappa shape index (κ1) is 12.4. The average molecular weight is 232 g/mol. The van der Waals surface area contributed by atoms with Crippen LogP contribution in [0, 0.1) is 0 Å². The first-order valence-electron chi connectivity index (χ1n) is 6.57. The van der Waals surface area contributed by atoms with Gasteiger partial charge in [-0.05, 0) is 56.7 Å². The predicted molar refractivity (Wildman–Crippen MR) is 74.6 cm³/mol. The van der Waals surface area contributed by atoms with Gasteiger partial charge in [0, 0.05) is 24.8 Å². The van der Waals surface area contributed by atoms with Gasteiger partial charge in [-0.25, -0.2) is 0 Å². The van der Waals surface area contributed by atoms with Crippen LogP contribution in [0.15, 0.2) is 18.2 Å². The van der Waals surface area contributed by atoms with E-state index in [2.05, 4.69) is 44.0 Å². The van der Waals surface area contributed by atoms with Crippen molar-refractivity contribution in [1.29, 1.82) is 0 Å². The number of hydrogen-bond acceptors (Lipinski definition) is 2. The van der Waals surface area contributed by atoms with E-state index in [0.717, 1.165) is 19.4 Å². The minimum Gasteiger partial charge on any atom is -0.374 e. The molecule has 0 fully saturated rings. The number of aryl methyl sites for hydroxylation is 1. The molecule has 1 heterocycles. The van der Waals surface area contributed by atoms with E-state index in [9.17, 15) is 0 Å². The van der Waals surface area contributed by atoms with Crippen molar-refractivity contribution in [2.45, 2.75) is 45.1 Å². The SMILES string of the molecule is CN1CCc2cc(CCCC(C)(C)N)ccc21. The van der Waals surface area contributed by atoms with E-state index < -0.39 is 0 Å². The summed E-state index contributed by atoms with van der Waals surface area (Å²) >= 11 is 0. The van der Waals surface area contributed by atoms with Gasteiger partial charge in [-0.15, -0.1) is 0 Å². The van der Waals surface area contributed by atoms with Gasteiger partial charge < -0.3 is 10.6 Å². The molecule has 0 unspecified atom stereocenters. The summed E-state index contributed by atoms with van der Waals surface area (Å²) in [4.78, 5) is 2.34. The zero-order valence-corrected chi connectivity index (χ0v) is 11.3. The van der Waals surface area contributed by atoms with Crippen molar-refractivity contribution in [3.05, 3.63) is 29.3 Å². The van der Waals surface area contributed by atoms with Crippen molar-refractivity contribution in [3.63, 3.8) is 0 Å². The van der Waals surface area contributed by atoms with Crippen LogP contribution in [0.4, 0.5) is 5.69 Å². The van der Waals surface area contributed by atoms with Crippen LogP contribution in [0.25, 0.3) is 0 Å². The molecule has 0 radical (unpaired) electrons. The van der Waals surface area contributed by atoms with Crippen LogP contribution in [0.1, 0.15) is 37.8 Å². The molecule has 0 spiro atoms. The number of anilines is 1. The smallest absolute Gasteiger partial charge is 0.0397 e. The molecule has 0 saturated carbocycles. The Balaban J connectivity index is 1.95. The highest BCUT2D eigenvalue weighted by atomic mass is 15.1. The Bertz CT molecular complexity index is 390. The maximum atomic E-state index is 6.00. The minimum atomic E-state index is -0.0308. The van der Waals surface area contributed by atoms with E-state index in [1.165, 1.54) is 29.7 Å². The molecule has 2 heteroatoms. The lowest BCUT2D eigenvalue weighted by atomic mass is 9.96. The quantitative estimate of drug-likeness (QED) is 0.865. The maximum Gasteiger partial charge on any atom is 0.0397 e. The molecule has 0 amide bonds. The van der Waals surface area contributed by atoms with Crippen LogP contribution >= 0.6 is 0 Å². The second-order valence-electron chi connectivity index (χ2n) is 5.98. The molecule has 17 heavy (non-hydrogen) atoms. The van der Waals surface area contributed by atoms with Crippen LogP contribution in [-0.4, -0.2) is 19.1 Å². The number of rotatable bonds is 4. The topological polar surface area (TPSA) is 29.3 Å². The molecule has 1 aromatic carbocycles. The Labute approximate surface area is 105 Å². The Morgan fingerprint density at radius 1 is 1.35 bits per heavy atom. The third kappa shape index (κ3) is 3.22. The van der Waals surface area contributed by atoms with Crippen molar-refractivity contribution in [1.82, 2.24) is 0 Å². The Hall–Kier alpha value is -1.02. The lowest BCUT2D eigenvalue weighted by molar-refractivity contribution is 0.459. The first-order valence-corrected chi connectivity index (χ1v) is 6.57. The lowest BCUT2D eigenvalue weighted by Gasteiger charge is -2.18. The monoisotopic (exact) mass is 232 g/mol. The van der Waals surface area contributed by atoms with Gasteiger partial charge in [0.1, 0.15) is 0 Å². The largest absolute Gasteiger partial charge is 0.374 e. The third-order valence-electron chi connectivity index (χ3n) is 3.56. The van der Waals surface area contributed by atoms with Crippen molar-refractivity contribution in [2.75, 3.05) is 18.5 Å². The van der Waals surface area contributed by atoms with E-state index in [1.54, 1.807) is 0 Å². The number of benzene rings is 1. The van der Waals surface area contributed by atoms with E-state index in [4.69, 9.17) is 5.73 Å². The standard InChI is InChI=1S/C15H24N2/c1-15(2,16)9-4-5-12-6-7-14-13(11-12)8-10-17(14)3/h6-7,11H,4-5,8-10,16H2,1-3H3. The Morgan fingerprint density at radius 2 is 2.12 bits per heavy atom. The summed E-state index contributed by atoms with van der Waals surface area (Å²) in [6, 6.07) is 6.91. The highest BCUT2D eigenvalue weighted by Gasteiger charge is 2.15. The second-order valence-corrected chi connectivity index (χ2v) is 5.98. The van der Waals surface area contributed by atoms with Gasteiger partial charge in [0.2, 0.25) is 0 Å². The van der Waals surface area contributed by atoms with E-state index in [1.807, 2.05) is 0 Å². The number of fused-ring (bicyclic) bond motifs is 1. The van der Waals surface area contributed by atoms with Crippen molar-refractivity contribution in [2.24, 2.45) is 5.73 Å². The molecule has 94 valence electrons. The highest BCUT2D eigenvalue weighted by molar-refractivity contribution is 5.58. The second kappa shape index (κ2) is 4.69. The molecule has 1 aliphatic heterocycles. The third-order valence-corrected chi connectivity index (χ3v) is 3.56. The fourth-order valence-corrected chi connectivity index (χ4v) is 2.52. The molecule has 2 nitrogen and oxygen atoms in total. The van der Waals surface area contributed by atoms with Crippen molar-refractivity contribution >= 4 is 5.69 Å². The van der Waals surface area contributed by atoms with Crippen molar-refractivity contribution < 1.29 is 0 Å². The molecule has 0 saturated heterocycles. The molecule has 1 aromatic rings. The van der Waals surface area contributed by atoms with Gasteiger partial charge >= 0.3 is 0 Å². The maximum absolute atomic E-state index is 6.00. The zero-order valence-electron chi connectivity index (χ0n) is 11.3. The molecule has 2 N–H and O–H groups in total. The molecule has 0 aromatic heterocycles. The molecule has 0 aliphatic carbocycles. The fraction of sp³-hybridized carbons (Fsp3) is 0.600. The highest BCUT2D eigenvalue weighted by Crippen LogP contribution is 2.27. The predicted octanol–water partition coefficient (Wildman–Crippen LogP) is 2.74. The molecule has 1 aliphatic rings. The van der Waals surface area contributed by atoms with Gasteiger partial charge in [-0.2, -0.15) is 0 Å². The van der Waals surface area contributed by atoms with Gasteiger partial charge in [0.25, 0.3) is 0 Å². The number of likely N-dealkylation sites (N-methyl/N-ethyl adjacent to an activating group) is 1. The van der Waals surface area contributed by atoms with Crippen LogP contribution in [0.2, 0.25) is 0 Å². The zero-order chi connectivity index (χ0) is 12.5. The summed E-state index contributed by atoms with van der Waals surface area (Å²) in [5, 5.41) is 0. The first-order chi connectivity index (χ1) is 7.96. The summed E-state index contributed by atoms with van der Waals surface area (Å²) in [7, 11) is 2.17. The van der Waals surface area contributed by atoms with Crippen molar-refractivity contribution in [3.8, 4) is 0 Å². The number of hydrogen-bond donors (Lipinski definition) is 1. The van der Waals surface area contributed by atoms with E-state index in [-0.39, 0.29) is 5.54 Å². The number of nitrogens with zero attached hydrogens (tertiary/aromatic N) is 1. The van der Waals surface area contributed by atoms with Gasteiger partial charge in [-0.3, -0.25) is 0 Å². The molecule has 2 rings (SSSR count). The molecule has 0 bridgehead atoms. The lowest BCUT2D eigenvalue weighted by Crippen LogP contribution is -2.31. The van der Waals surface area contributed by atoms with Crippen LogP contribution in [-0.2, 0) is 12.8 Å². The van der Waals surface area contributed by atoms with Crippen LogP contribution in [0.5, 0.6) is 0 Å². The Morgan fingerprint density at radius 3 is 2.82 bits per heavy atom. The summed E-state index contributed by atoms with van der Waals surface area (Å²) in [5.74, 6) is 0. The average Bonchev–Trinajstić information content (AvgIpc) is 2.58. The molecular weight excluding hydrogens is 208 g/mol. The molecular formula is C15H24N2. The number of nitrogens with two attached hydrogens (primary N) is 1. The van der Waals surface area contributed by atoms with E-state index >= 15 is 0 Å². The minimum absolute atomic E-state index is 0.0308. The van der Waals surface area contributed by atoms with Gasteiger partial charge in [0.05, 0.1) is 0 Å². The fourth-order valence-electron chi connectivity index (χ4n) is 2.52. The van der Waals surface area contributed by atoms with E-state index in [0.29, 0.717) is 0 Å². The van der Waals surface area contributed by atoms with Crippen LogP contribution in [0.3, 0.4) is 0 Å². The summed E-state index contributed by atoms with van der Waals surface area (Å²) < 4.78 is 0. The van der Waals surface area contributed by atoms with Gasteiger partial charge in [0.15, 0.2) is 0 Å². The Kier molecular flexibility index (Phi) is 3.43. The van der Waals surface area contributed by atoms with Gasteiger partial charge in [-0.1, -0.05) is 12.1 Å². The molecule has 0 atom stereocenters. The summed E-state index contributed by atoms with van der Waals surface area (Å²) in [6.45, 7) is 5.37. The summed E-state index contributed by atoms with van der Waals surface area (Å²) in [5.41, 5.74) is 10.4. The van der Waals surface area contributed by atoms with Crippen LogP contribution < -0.4 is 10.6 Å².